The van der Waals surface area contributed by atoms with Crippen LogP contribution in [0.3, 0.4) is 0 Å². The van der Waals surface area contributed by atoms with Crippen LogP contribution in [-0.4, -0.2) is 16.1 Å². The first-order chi connectivity index (χ1) is 10.6. The molecular formula is C17H20N2O2S. The van der Waals surface area contributed by atoms with E-state index in [4.69, 9.17) is 5.11 Å². The number of nitrogens with zero attached hydrogens (tertiary/aromatic N) is 1. The molecule has 22 heavy (non-hydrogen) atoms. The van der Waals surface area contributed by atoms with Gasteiger partial charge in [-0.05, 0) is 37.5 Å². The predicted octanol–water partition coefficient (Wildman–Crippen LogP) is 3.71. The third-order valence-electron chi connectivity index (χ3n) is 4.29. The van der Waals surface area contributed by atoms with E-state index in [0.717, 1.165) is 29.1 Å². The Balaban J connectivity index is 1.78. The molecule has 1 saturated carbocycles. The first-order valence-corrected chi connectivity index (χ1v) is 8.47. The second kappa shape index (κ2) is 6.18. The van der Waals surface area contributed by atoms with Crippen molar-refractivity contribution >= 4 is 17.3 Å². The highest BCUT2D eigenvalue weighted by Crippen LogP contribution is 2.40. The molecule has 3 rings (SSSR count). The number of rotatable bonds is 5. The molecule has 0 spiro atoms. The molecule has 0 bridgehead atoms. The lowest BCUT2D eigenvalue weighted by Crippen LogP contribution is -2.39. The summed E-state index contributed by atoms with van der Waals surface area (Å²) in [5.41, 5.74) is 2.36. The number of aromatic nitrogens is 1. The second-order valence-electron chi connectivity index (χ2n) is 5.94. The van der Waals surface area contributed by atoms with Gasteiger partial charge in [0, 0.05) is 17.6 Å². The molecule has 116 valence electrons. The maximum Gasteiger partial charge on any atom is 0.335 e. The molecule has 0 unspecified atom stereocenters. The van der Waals surface area contributed by atoms with E-state index in [-0.39, 0.29) is 5.54 Å². The minimum atomic E-state index is -0.882. The molecule has 0 radical (unpaired) electrons. The van der Waals surface area contributed by atoms with Crippen LogP contribution in [-0.2, 0) is 12.1 Å². The van der Waals surface area contributed by atoms with Gasteiger partial charge in [-0.15, -0.1) is 11.3 Å². The van der Waals surface area contributed by atoms with Gasteiger partial charge in [0.2, 0.25) is 0 Å². The van der Waals surface area contributed by atoms with Crippen molar-refractivity contribution in [2.24, 2.45) is 0 Å². The standard InChI is InChI=1S/C17H20N2O2S/c1-12-11-22-16(19-12)17(7-2-3-8-17)18-10-13-5-4-6-14(9-13)15(20)21/h4-6,9,11,18H,2-3,7-8,10H2,1H3,(H,20,21). The number of carboxylic acid groups (broad SMARTS) is 1. The van der Waals surface area contributed by atoms with Gasteiger partial charge >= 0.3 is 5.97 Å². The summed E-state index contributed by atoms with van der Waals surface area (Å²) in [5.74, 6) is -0.882. The van der Waals surface area contributed by atoms with E-state index >= 15 is 0 Å². The van der Waals surface area contributed by atoms with Crippen LogP contribution >= 0.6 is 11.3 Å². The Kier molecular flexibility index (Phi) is 4.27. The van der Waals surface area contributed by atoms with Crippen LogP contribution in [0.1, 0.15) is 52.3 Å². The van der Waals surface area contributed by atoms with Crippen LogP contribution in [0.4, 0.5) is 0 Å². The highest BCUT2D eigenvalue weighted by atomic mass is 32.1. The fraction of sp³-hybridized carbons (Fsp3) is 0.412. The van der Waals surface area contributed by atoms with Crippen molar-refractivity contribution in [1.29, 1.82) is 0 Å². The maximum absolute atomic E-state index is 11.1. The van der Waals surface area contributed by atoms with Crippen molar-refractivity contribution in [3.63, 3.8) is 0 Å². The zero-order valence-electron chi connectivity index (χ0n) is 12.6. The Hall–Kier alpha value is -1.72. The van der Waals surface area contributed by atoms with Crippen LogP contribution in [0.25, 0.3) is 0 Å². The lowest BCUT2D eigenvalue weighted by molar-refractivity contribution is 0.0696. The monoisotopic (exact) mass is 316 g/mol. The minimum Gasteiger partial charge on any atom is -0.478 e. The quantitative estimate of drug-likeness (QED) is 0.883. The lowest BCUT2D eigenvalue weighted by atomic mass is 9.97. The van der Waals surface area contributed by atoms with Gasteiger partial charge in [0.25, 0.3) is 0 Å². The van der Waals surface area contributed by atoms with Gasteiger partial charge in [0.1, 0.15) is 5.01 Å². The van der Waals surface area contributed by atoms with Crippen LogP contribution < -0.4 is 5.32 Å². The number of carboxylic acids is 1. The lowest BCUT2D eigenvalue weighted by Gasteiger charge is -2.28. The van der Waals surface area contributed by atoms with Crippen LogP contribution in [0.15, 0.2) is 29.6 Å². The van der Waals surface area contributed by atoms with E-state index < -0.39 is 5.97 Å². The summed E-state index contributed by atoms with van der Waals surface area (Å²) >= 11 is 1.72. The normalized spacial score (nSPS) is 16.8. The maximum atomic E-state index is 11.1. The summed E-state index contributed by atoms with van der Waals surface area (Å²) in [6, 6.07) is 7.14. The van der Waals surface area contributed by atoms with Crippen LogP contribution in [0, 0.1) is 6.92 Å². The average molecular weight is 316 g/mol. The molecule has 1 aromatic heterocycles. The first kappa shape index (κ1) is 15.2. The van der Waals surface area contributed by atoms with Crippen molar-refractivity contribution in [2.45, 2.75) is 44.7 Å². The summed E-state index contributed by atoms with van der Waals surface area (Å²) in [6.07, 6.45) is 4.61. The summed E-state index contributed by atoms with van der Waals surface area (Å²) < 4.78 is 0. The van der Waals surface area contributed by atoms with Crippen LogP contribution in [0.2, 0.25) is 0 Å². The Morgan fingerprint density at radius 3 is 2.82 bits per heavy atom. The molecule has 5 heteroatoms. The van der Waals surface area contributed by atoms with Gasteiger partial charge in [-0.2, -0.15) is 0 Å². The Morgan fingerprint density at radius 1 is 1.41 bits per heavy atom. The minimum absolute atomic E-state index is 0.0435. The third-order valence-corrected chi connectivity index (χ3v) is 5.45. The summed E-state index contributed by atoms with van der Waals surface area (Å²) in [4.78, 5) is 15.8. The molecule has 1 aliphatic carbocycles. The third kappa shape index (κ3) is 3.05. The average Bonchev–Trinajstić information content (AvgIpc) is 3.15. The highest BCUT2D eigenvalue weighted by Gasteiger charge is 2.37. The number of aryl methyl sites for hydroxylation is 1. The van der Waals surface area contributed by atoms with E-state index in [9.17, 15) is 4.79 Å². The van der Waals surface area contributed by atoms with E-state index in [1.807, 2.05) is 13.0 Å². The van der Waals surface area contributed by atoms with Crippen molar-refractivity contribution in [3.8, 4) is 0 Å². The number of carbonyl (C=O) groups is 1. The molecule has 2 N–H and O–H groups in total. The molecular weight excluding hydrogens is 296 g/mol. The number of thiazole rings is 1. The molecule has 1 heterocycles. The largest absolute Gasteiger partial charge is 0.478 e. The molecule has 4 nitrogen and oxygen atoms in total. The van der Waals surface area contributed by atoms with Crippen molar-refractivity contribution in [1.82, 2.24) is 10.3 Å². The summed E-state index contributed by atoms with van der Waals surface area (Å²) in [5, 5.41) is 16.0. The molecule has 0 saturated heterocycles. The molecule has 1 fully saturated rings. The zero-order valence-corrected chi connectivity index (χ0v) is 13.4. The van der Waals surface area contributed by atoms with Gasteiger partial charge in [-0.25, -0.2) is 9.78 Å². The van der Waals surface area contributed by atoms with E-state index in [0.29, 0.717) is 12.1 Å². The number of nitrogens with one attached hydrogen (secondary N) is 1. The summed E-state index contributed by atoms with van der Waals surface area (Å²) in [7, 11) is 0. The van der Waals surface area contributed by atoms with Gasteiger partial charge in [-0.1, -0.05) is 25.0 Å². The van der Waals surface area contributed by atoms with Crippen LogP contribution in [0.5, 0.6) is 0 Å². The highest BCUT2D eigenvalue weighted by molar-refractivity contribution is 7.09. The fourth-order valence-electron chi connectivity index (χ4n) is 3.10. The zero-order chi connectivity index (χ0) is 15.6. The predicted molar refractivity (Wildman–Crippen MR) is 87.2 cm³/mol. The second-order valence-corrected chi connectivity index (χ2v) is 6.80. The summed E-state index contributed by atoms with van der Waals surface area (Å²) in [6.45, 7) is 2.69. The van der Waals surface area contributed by atoms with Gasteiger partial charge < -0.3 is 10.4 Å². The smallest absolute Gasteiger partial charge is 0.335 e. The molecule has 2 aromatic rings. The Bertz CT molecular complexity index is 675. The Labute approximate surface area is 134 Å². The molecule has 0 atom stereocenters. The Morgan fingerprint density at radius 2 is 2.18 bits per heavy atom. The van der Waals surface area contributed by atoms with E-state index in [1.165, 1.54) is 12.8 Å². The first-order valence-electron chi connectivity index (χ1n) is 7.59. The number of aromatic carboxylic acids is 1. The van der Waals surface area contributed by atoms with Gasteiger partial charge in [0.05, 0.1) is 11.1 Å². The number of hydrogen-bond acceptors (Lipinski definition) is 4. The van der Waals surface area contributed by atoms with E-state index in [2.05, 4.69) is 15.7 Å². The van der Waals surface area contributed by atoms with Crippen molar-refractivity contribution < 1.29 is 9.90 Å². The molecule has 0 amide bonds. The van der Waals surface area contributed by atoms with Crippen molar-refractivity contribution in [2.75, 3.05) is 0 Å². The molecule has 1 aromatic carbocycles. The number of benzene rings is 1. The topological polar surface area (TPSA) is 62.2 Å². The van der Waals surface area contributed by atoms with Gasteiger partial charge in [0.15, 0.2) is 0 Å². The molecule has 1 aliphatic rings. The van der Waals surface area contributed by atoms with Gasteiger partial charge in [-0.3, -0.25) is 0 Å². The molecule has 0 aliphatic heterocycles. The van der Waals surface area contributed by atoms with E-state index in [1.54, 1.807) is 29.5 Å². The SMILES string of the molecule is Cc1csc(C2(NCc3cccc(C(=O)O)c3)CCCC2)n1. The fourth-order valence-corrected chi connectivity index (χ4v) is 4.14. The number of hydrogen-bond donors (Lipinski definition) is 2. The van der Waals surface area contributed by atoms with Crippen molar-refractivity contribution in [3.05, 3.63) is 51.5 Å².